The summed E-state index contributed by atoms with van der Waals surface area (Å²) in [6, 6.07) is 4.75. The van der Waals surface area contributed by atoms with Crippen molar-refractivity contribution in [1.82, 2.24) is 4.90 Å². The van der Waals surface area contributed by atoms with E-state index in [0.29, 0.717) is 19.0 Å². The summed E-state index contributed by atoms with van der Waals surface area (Å²) >= 11 is 1.71. The molecule has 0 aliphatic heterocycles. The lowest BCUT2D eigenvalue weighted by atomic mass is 10.2. The number of rotatable bonds is 5. The van der Waals surface area contributed by atoms with Crippen LogP contribution in [0.3, 0.4) is 0 Å². The molecule has 0 fully saturated rings. The Labute approximate surface area is 113 Å². The van der Waals surface area contributed by atoms with Crippen molar-refractivity contribution in [2.75, 3.05) is 13.1 Å². The van der Waals surface area contributed by atoms with Gasteiger partial charge in [-0.15, -0.1) is 11.3 Å². The van der Waals surface area contributed by atoms with Crippen LogP contribution in [0.1, 0.15) is 30.7 Å². The van der Waals surface area contributed by atoms with Gasteiger partial charge in [-0.1, -0.05) is 11.8 Å². The molecular weight excluding hydrogens is 242 g/mol. The minimum absolute atomic E-state index is 0.394. The largest absolute Gasteiger partial charge is 0.320 e. The topological polar surface area (TPSA) is 53.0 Å². The van der Waals surface area contributed by atoms with Gasteiger partial charge in [-0.3, -0.25) is 4.90 Å². The van der Waals surface area contributed by atoms with Gasteiger partial charge in [0.15, 0.2) is 0 Å². The highest BCUT2D eigenvalue weighted by molar-refractivity contribution is 7.10. The zero-order valence-corrected chi connectivity index (χ0v) is 11.8. The Balaban J connectivity index is 2.63. The van der Waals surface area contributed by atoms with Crippen molar-refractivity contribution in [3.8, 4) is 17.9 Å². The van der Waals surface area contributed by atoms with Crippen LogP contribution >= 0.6 is 11.3 Å². The van der Waals surface area contributed by atoms with Crippen molar-refractivity contribution in [3.63, 3.8) is 0 Å². The van der Waals surface area contributed by atoms with Crippen molar-refractivity contribution in [1.29, 1.82) is 5.26 Å². The number of thiophene rings is 1. The number of nitrogens with zero attached hydrogens (tertiary/aromatic N) is 2. The van der Waals surface area contributed by atoms with Gasteiger partial charge in [0, 0.05) is 41.4 Å². The molecular formula is C14H19N3S. The lowest BCUT2D eigenvalue weighted by molar-refractivity contribution is 0.220. The first kappa shape index (κ1) is 14.7. The van der Waals surface area contributed by atoms with Crippen molar-refractivity contribution in [3.05, 3.63) is 21.9 Å². The minimum atomic E-state index is 0.394. The average molecular weight is 261 g/mol. The maximum absolute atomic E-state index is 8.66. The molecule has 0 aliphatic rings. The van der Waals surface area contributed by atoms with Crippen LogP contribution in [-0.2, 0) is 6.54 Å². The first-order valence-corrected chi connectivity index (χ1v) is 6.92. The van der Waals surface area contributed by atoms with Gasteiger partial charge in [0.25, 0.3) is 0 Å². The average Bonchev–Trinajstić information content (AvgIpc) is 2.79. The highest BCUT2D eigenvalue weighted by Crippen LogP contribution is 2.17. The van der Waals surface area contributed by atoms with E-state index in [1.165, 1.54) is 4.88 Å². The van der Waals surface area contributed by atoms with Crippen LogP contribution in [-0.4, -0.2) is 24.0 Å². The molecule has 0 aromatic carbocycles. The SMILES string of the molecule is CC(C)N(CCC#N)Cc1cc(C#CCN)cs1. The minimum Gasteiger partial charge on any atom is -0.320 e. The van der Waals surface area contributed by atoms with E-state index in [1.807, 2.05) is 0 Å². The van der Waals surface area contributed by atoms with Crippen LogP contribution in [0.15, 0.2) is 11.4 Å². The van der Waals surface area contributed by atoms with Crippen LogP contribution in [0.25, 0.3) is 0 Å². The van der Waals surface area contributed by atoms with E-state index in [-0.39, 0.29) is 0 Å². The fraction of sp³-hybridized carbons (Fsp3) is 0.500. The third-order valence-corrected chi connectivity index (χ3v) is 3.51. The van der Waals surface area contributed by atoms with Gasteiger partial charge in [-0.25, -0.2) is 0 Å². The molecule has 1 aromatic heterocycles. The van der Waals surface area contributed by atoms with E-state index in [0.717, 1.165) is 18.7 Å². The Hall–Kier alpha value is -1.33. The van der Waals surface area contributed by atoms with Gasteiger partial charge in [0.05, 0.1) is 12.6 Å². The fourth-order valence-corrected chi connectivity index (χ4v) is 2.44. The standard InChI is InChI=1S/C14H19N3S/c1-12(2)17(8-4-7-16)10-14-9-13(11-18-14)5-3-6-15/h9,11-12H,4,6,8,10,15H2,1-2H3. The smallest absolute Gasteiger partial charge is 0.0635 e. The van der Waals surface area contributed by atoms with E-state index in [4.69, 9.17) is 11.0 Å². The second-order valence-corrected chi connectivity index (χ2v) is 5.28. The molecule has 0 atom stereocenters. The molecule has 0 radical (unpaired) electrons. The number of hydrogen-bond donors (Lipinski definition) is 1. The Morgan fingerprint density at radius 1 is 1.50 bits per heavy atom. The summed E-state index contributed by atoms with van der Waals surface area (Å²) in [6.45, 7) is 6.40. The third-order valence-electron chi connectivity index (χ3n) is 2.59. The Morgan fingerprint density at radius 2 is 2.28 bits per heavy atom. The van der Waals surface area contributed by atoms with Crippen LogP contribution < -0.4 is 5.73 Å². The number of hydrogen-bond acceptors (Lipinski definition) is 4. The quantitative estimate of drug-likeness (QED) is 0.827. The highest BCUT2D eigenvalue weighted by Gasteiger charge is 2.10. The molecule has 4 heteroatoms. The summed E-state index contributed by atoms with van der Waals surface area (Å²) < 4.78 is 0. The summed E-state index contributed by atoms with van der Waals surface area (Å²) in [5, 5.41) is 10.7. The number of nitrogens with two attached hydrogens (primary N) is 1. The lowest BCUT2D eigenvalue weighted by Gasteiger charge is -2.24. The van der Waals surface area contributed by atoms with Crippen molar-refractivity contribution >= 4 is 11.3 Å². The second kappa shape index (κ2) is 7.89. The molecule has 1 rings (SSSR count). The van der Waals surface area contributed by atoms with Crippen LogP contribution in [0.5, 0.6) is 0 Å². The Kier molecular flexibility index (Phi) is 6.46. The normalized spacial score (nSPS) is 10.2. The molecule has 0 amide bonds. The number of nitriles is 1. The zero-order valence-electron chi connectivity index (χ0n) is 10.9. The third kappa shape index (κ3) is 4.89. The first-order chi connectivity index (χ1) is 8.67. The fourth-order valence-electron chi connectivity index (χ4n) is 1.60. The molecule has 1 aromatic rings. The Morgan fingerprint density at radius 3 is 2.89 bits per heavy atom. The van der Waals surface area contributed by atoms with Gasteiger partial charge in [-0.2, -0.15) is 5.26 Å². The van der Waals surface area contributed by atoms with Crippen LogP contribution in [0, 0.1) is 23.2 Å². The molecule has 96 valence electrons. The monoisotopic (exact) mass is 261 g/mol. The molecule has 0 aliphatic carbocycles. The summed E-state index contributed by atoms with van der Waals surface area (Å²) in [6.07, 6.45) is 0.573. The summed E-state index contributed by atoms with van der Waals surface area (Å²) in [5.41, 5.74) is 6.38. The molecule has 18 heavy (non-hydrogen) atoms. The van der Waals surface area contributed by atoms with Crippen LogP contribution in [0.4, 0.5) is 0 Å². The molecule has 1 heterocycles. The van der Waals surface area contributed by atoms with E-state index in [2.05, 4.69) is 48.1 Å². The van der Waals surface area contributed by atoms with Gasteiger partial charge >= 0.3 is 0 Å². The van der Waals surface area contributed by atoms with Gasteiger partial charge < -0.3 is 5.73 Å². The second-order valence-electron chi connectivity index (χ2n) is 4.28. The van der Waals surface area contributed by atoms with E-state index >= 15 is 0 Å². The van der Waals surface area contributed by atoms with Gasteiger partial charge in [-0.05, 0) is 19.9 Å². The Bertz CT molecular complexity index is 459. The van der Waals surface area contributed by atoms with Gasteiger partial charge in [0.1, 0.15) is 0 Å². The summed E-state index contributed by atoms with van der Waals surface area (Å²) in [4.78, 5) is 3.58. The zero-order chi connectivity index (χ0) is 13.4. The molecule has 2 N–H and O–H groups in total. The van der Waals surface area contributed by atoms with E-state index in [9.17, 15) is 0 Å². The highest BCUT2D eigenvalue weighted by atomic mass is 32.1. The van der Waals surface area contributed by atoms with E-state index in [1.54, 1.807) is 11.3 Å². The van der Waals surface area contributed by atoms with E-state index < -0.39 is 0 Å². The molecule has 0 saturated carbocycles. The van der Waals surface area contributed by atoms with Gasteiger partial charge in [0.2, 0.25) is 0 Å². The predicted octanol–water partition coefficient (Wildman–Crippen LogP) is 2.18. The lowest BCUT2D eigenvalue weighted by Crippen LogP contribution is -2.30. The summed E-state index contributed by atoms with van der Waals surface area (Å²) in [5.74, 6) is 5.89. The molecule has 0 bridgehead atoms. The van der Waals surface area contributed by atoms with Crippen LogP contribution in [0.2, 0.25) is 0 Å². The predicted molar refractivity (Wildman–Crippen MR) is 76.0 cm³/mol. The first-order valence-electron chi connectivity index (χ1n) is 6.04. The van der Waals surface area contributed by atoms with Crippen molar-refractivity contribution in [2.45, 2.75) is 32.9 Å². The van der Waals surface area contributed by atoms with Crippen molar-refractivity contribution < 1.29 is 0 Å². The summed E-state index contributed by atoms with van der Waals surface area (Å²) in [7, 11) is 0. The molecule has 0 saturated heterocycles. The molecule has 0 unspecified atom stereocenters. The maximum Gasteiger partial charge on any atom is 0.0635 e. The molecule has 3 nitrogen and oxygen atoms in total. The molecule has 0 spiro atoms. The maximum atomic E-state index is 8.66. The van der Waals surface area contributed by atoms with Crippen molar-refractivity contribution in [2.24, 2.45) is 5.73 Å².